The number of ether oxygens (including phenoxy) is 1. The number of anilines is 1. The molecule has 0 spiro atoms. The van der Waals surface area contributed by atoms with E-state index in [1.54, 1.807) is 54.6 Å². The molecule has 9 heteroatoms. The Hall–Kier alpha value is -4.66. The highest BCUT2D eigenvalue weighted by Crippen LogP contribution is 2.16. The Morgan fingerprint density at radius 3 is 2.09 bits per heavy atom. The topological polar surface area (TPSA) is 126 Å². The van der Waals surface area contributed by atoms with Gasteiger partial charge in [0.15, 0.2) is 5.78 Å². The van der Waals surface area contributed by atoms with Gasteiger partial charge < -0.3 is 15.4 Å². The number of aryl methyl sites for hydroxylation is 1. The van der Waals surface area contributed by atoms with Gasteiger partial charge >= 0.3 is 6.03 Å². The number of amides is 4. The maximum absolute atomic E-state index is 12.9. The first-order valence-electron chi connectivity index (χ1n) is 10.4. The van der Waals surface area contributed by atoms with E-state index in [4.69, 9.17) is 4.74 Å². The fourth-order valence-corrected chi connectivity index (χ4v) is 3.00. The van der Waals surface area contributed by atoms with Crippen LogP contribution < -0.4 is 26.2 Å². The molecule has 0 unspecified atom stereocenters. The largest absolute Gasteiger partial charge is 0.497 e. The zero-order chi connectivity index (χ0) is 24.5. The van der Waals surface area contributed by atoms with Gasteiger partial charge in [-0.2, -0.15) is 0 Å². The molecule has 0 aliphatic rings. The van der Waals surface area contributed by atoms with Gasteiger partial charge in [0.25, 0.3) is 11.8 Å². The smallest absolute Gasteiger partial charge is 0.337 e. The Balaban J connectivity index is 1.52. The van der Waals surface area contributed by atoms with Crippen LogP contribution >= 0.6 is 0 Å². The van der Waals surface area contributed by atoms with Crippen LogP contribution in [0.15, 0.2) is 72.8 Å². The van der Waals surface area contributed by atoms with Crippen molar-refractivity contribution in [3.8, 4) is 5.75 Å². The lowest BCUT2D eigenvalue weighted by Crippen LogP contribution is -2.47. The fraction of sp³-hybridized carbons (Fsp3) is 0.120. The summed E-state index contributed by atoms with van der Waals surface area (Å²) in [7, 11) is 1.53. The van der Waals surface area contributed by atoms with Crippen molar-refractivity contribution in [2.45, 2.75) is 6.92 Å². The number of benzene rings is 3. The van der Waals surface area contributed by atoms with E-state index in [9.17, 15) is 19.2 Å². The lowest BCUT2D eigenvalue weighted by atomic mass is 9.97. The fourth-order valence-electron chi connectivity index (χ4n) is 3.00. The lowest BCUT2D eigenvalue weighted by molar-refractivity contribution is -0.120. The normalized spacial score (nSPS) is 10.1. The highest BCUT2D eigenvalue weighted by molar-refractivity contribution is 6.15. The standard InChI is InChI=1S/C25H24N4O5/c1-16-7-9-17(10-8-16)23(31)20-5-3-4-6-21(20)24(32)26-15-22(30)28-29-25(33)27-18-11-13-19(34-2)14-12-18/h3-14H,15H2,1-2H3,(H,26,32)(H,28,30)(H2,27,29,33). The molecule has 34 heavy (non-hydrogen) atoms. The summed E-state index contributed by atoms with van der Waals surface area (Å²) in [6.45, 7) is 1.51. The summed E-state index contributed by atoms with van der Waals surface area (Å²) in [5.41, 5.74) is 6.72. The molecule has 0 radical (unpaired) electrons. The minimum absolute atomic E-state index is 0.145. The second-order valence-electron chi connectivity index (χ2n) is 7.28. The summed E-state index contributed by atoms with van der Waals surface area (Å²) in [6, 6.07) is 19.3. The molecule has 3 rings (SSSR count). The molecule has 9 nitrogen and oxygen atoms in total. The monoisotopic (exact) mass is 460 g/mol. The van der Waals surface area contributed by atoms with E-state index in [0.717, 1.165) is 5.56 Å². The van der Waals surface area contributed by atoms with E-state index < -0.39 is 24.4 Å². The Kier molecular flexibility index (Phi) is 7.96. The van der Waals surface area contributed by atoms with Crippen LogP contribution in [0.4, 0.5) is 10.5 Å². The van der Waals surface area contributed by atoms with Crippen LogP contribution in [-0.2, 0) is 4.79 Å². The molecule has 3 aromatic rings. The van der Waals surface area contributed by atoms with Gasteiger partial charge in [-0.1, -0.05) is 48.0 Å². The van der Waals surface area contributed by atoms with Crippen LogP contribution in [0.25, 0.3) is 0 Å². The van der Waals surface area contributed by atoms with Gasteiger partial charge in [-0.3, -0.25) is 19.8 Å². The average molecular weight is 460 g/mol. The van der Waals surface area contributed by atoms with Crippen molar-refractivity contribution >= 4 is 29.3 Å². The van der Waals surface area contributed by atoms with Gasteiger partial charge in [0.1, 0.15) is 5.75 Å². The van der Waals surface area contributed by atoms with Gasteiger partial charge in [0.05, 0.1) is 19.2 Å². The van der Waals surface area contributed by atoms with E-state index in [0.29, 0.717) is 17.0 Å². The third-order valence-electron chi connectivity index (χ3n) is 4.80. The molecule has 0 aromatic heterocycles. The molecule has 4 amide bonds. The van der Waals surface area contributed by atoms with Crippen molar-refractivity contribution in [2.75, 3.05) is 19.0 Å². The third kappa shape index (κ3) is 6.42. The average Bonchev–Trinajstić information content (AvgIpc) is 2.86. The van der Waals surface area contributed by atoms with Crippen molar-refractivity contribution < 1.29 is 23.9 Å². The summed E-state index contributed by atoms with van der Waals surface area (Å²) in [6.07, 6.45) is 0. The number of hydrogen-bond acceptors (Lipinski definition) is 5. The second kappa shape index (κ2) is 11.3. The number of methoxy groups -OCH3 is 1. The molecule has 174 valence electrons. The van der Waals surface area contributed by atoms with Crippen molar-refractivity contribution in [2.24, 2.45) is 0 Å². The van der Waals surface area contributed by atoms with Gasteiger partial charge in [0.2, 0.25) is 0 Å². The summed E-state index contributed by atoms with van der Waals surface area (Å²) < 4.78 is 5.04. The van der Waals surface area contributed by atoms with E-state index in [1.807, 2.05) is 19.1 Å². The Morgan fingerprint density at radius 2 is 1.44 bits per heavy atom. The molecular weight excluding hydrogens is 436 g/mol. The zero-order valence-corrected chi connectivity index (χ0v) is 18.7. The van der Waals surface area contributed by atoms with Crippen molar-refractivity contribution in [1.82, 2.24) is 16.2 Å². The van der Waals surface area contributed by atoms with Crippen LogP contribution in [0.1, 0.15) is 31.8 Å². The molecule has 4 N–H and O–H groups in total. The molecular formula is C25H24N4O5. The van der Waals surface area contributed by atoms with Gasteiger partial charge in [-0.25, -0.2) is 10.2 Å². The van der Waals surface area contributed by atoms with Crippen LogP contribution in [0.5, 0.6) is 5.75 Å². The zero-order valence-electron chi connectivity index (χ0n) is 18.7. The molecule has 0 aliphatic heterocycles. The minimum Gasteiger partial charge on any atom is -0.497 e. The Morgan fingerprint density at radius 1 is 0.794 bits per heavy atom. The molecule has 0 bridgehead atoms. The maximum atomic E-state index is 12.9. The van der Waals surface area contributed by atoms with E-state index in [1.165, 1.54) is 13.2 Å². The molecule has 0 saturated heterocycles. The SMILES string of the molecule is COc1ccc(NC(=O)NNC(=O)CNC(=O)c2ccccc2C(=O)c2ccc(C)cc2)cc1. The minimum atomic E-state index is -0.668. The summed E-state index contributed by atoms with van der Waals surface area (Å²) in [4.78, 5) is 49.5. The second-order valence-corrected chi connectivity index (χ2v) is 7.28. The highest BCUT2D eigenvalue weighted by atomic mass is 16.5. The molecule has 3 aromatic carbocycles. The van der Waals surface area contributed by atoms with E-state index >= 15 is 0 Å². The van der Waals surface area contributed by atoms with Crippen LogP contribution in [0, 0.1) is 6.92 Å². The number of hydrazine groups is 1. The molecule has 0 fully saturated rings. The Bertz CT molecular complexity index is 1190. The van der Waals surface area contributed by atoms with Crippen LogP contribution in [-0.4, -0.2) is 37.3 Å². The quantitative estimate of drug-likeness (QED) is 0.319. The van der Waals surface area contributed by atoms with Crippen molar-refractivity contribution in [1.29, 1.82) is 0 Å². The first kappa shape index (κ1) is 24.0. The van der Waals surface area contributed by atoms with Crippen LogP contribution in [0.3, 0.4) is 0 Å². The third-order valence-corrected chi connectivity index (χ3v) is 4.80. The lowest BCUT2D eigenvalue weighted by Gasteiger charge is -2.11. The Labute approximate surface area is 196 Å². The van der Waals surface area contributed by atoms with E-state index in [-0.39, 0.29) is 16.9 Å². The van der Waals surface area contributed by atoms with Crippen LogP contribution in [0.2, 0.25) is 0 Å². The molecule has 0 saturated carbocycles. The van der Waals surface area contributed by atoms with Gasteiger partial charge in [0, 0.05) is 16.8 Å². The number of nitrogens with one attached hydrogen (secondary N) is 4. The number of carbonyl (C=O) groups excluding carboxylic acids is 4. The summed E-state index contributed by atoms with van der Waals surface area (Å²) >= 11 is 0. The predicted molar refractivity (Wildman–Crippen MR) is 127 cm³/mol. The summed E-state index contributed by atoms with van der Waals surface area (Å²) in [5.74, 6) is -0.904. The number of carbonyl (C=O) groups is 4. The highest BCUT2D eigenvalue weighted by Gasteiger charge is 2.18. The molecule has 0 aliphatic carbocycles. The molecule has 0 heterocycles. The maximum Gasteiger partial charge on any atom is 0.337 e. The van der Waals surface area contributed by atoms with E-state index in [2.05, 4.69) is 21.5 Å². The van der Waals surface area contributed by atoms with Gasteiger partial charge in [-0.15, -0.1) is 0 Å². The number of rotatable bonds is 7. The first-order valence-corrected chi connectivity index (χ1v) is 10.4. The summed E-state index contributed by atoms with van der Waals surface area (Å²) in [5, 5.41) is 4.98. The molecule has 0 atom stereocenters. The van der Waals surface area contributed by atoms with Gasteiger partial charge in [-0.05, 0) is 37.3 Å². The van der Waals surface area contributed by atoms with Crippen molar-refractivity contribution in [3.63, 3.8) is 0 Å². The number of urea groups is 1. The first-order chi connectivity index (χ1) is 16.4. The predicted octanol–water partition coefficient (Wildman–Crippen LogP) is 2.82. The number of ketones is 1. The van der Waals surface area contributed by atoms with Crippen molar-refractivity contribution in [3.05, 3.63) is 95.1 Å². The number of hydrogen-bond donors (Lipinski definition) is 4.